The van der Waals surface area contributed by atoms with Crippen molar-refractivity contribution in [3.63, 3.8) is 0 Å². The molecule has 0 unspecified atom stereocenters. The van der Waals surface area contributed by atoms with Crippen LogP contribution in [0.1, 0.15) is 5.56 Å². The molecule has 2 aromatic rings. The molecule has 0 bridgehead atoms. The van der Waals surface area contributed by atoms with Crippen LogP contribution >= 0.6 is 23.2 Å². The van der Waals surface area contributed by atoms with E-state index >= 15 is 0 Å². The Hall–Kier alpha value is -2.00. The summed E-state index contributed by atoms with van der Waals surface area (Å²) in [6, 6.07) is 10.9. The zero-order chi connectivity index (χ0) is 20.7. The highest BCUT2D eigenvalue weighted by Gasteiger charge is 2.16. The summed E-state index contributed by atoms with van der Waals surface area (Å²) in [6.45, 7) is 0.841. The summed E-state index contributed by atoms with van der Waals surface area (Å²) in [4.78, 5) is 14.2. The molecule has 0 heterocycles. The van der Waals surface area contributed by atoms with E-state index in [1.54, 1.807) is 30.3 Å². The van der Waals surface area contributed by atoms with Crippen molar-refractivity contribution in [1.82, 2.24) is 4.90 Å². The van der Waals surface area contributed by atoms with Crippen LogP contribution in [0.3, 0.4) is 0 Å². The van der Waals surface area contributed by atoms with E-state index in [1.807, 2.05) is 0 Å². The number of halogens is 2. The first-order chi connectivity index (χ1) is 13.2. The van der Waals surface area contributed by atoms with E-state index in [0.29, 0.717) is 34.4 Å². The molecule has 28 heavy (non-hydrogen) atoms. The number of urea groups is 1. The molecule has 1 N–H and O–H groups in total. The molecule has 0 fully saturated rings. The van der Waals surface area contributed by atoms with Crippen LogP contribution < -0.4 is 9.50 Å². The summed E-state index contributed by atoms with van der Waals surface area (Å²) in [5.41, 5.74) is 1.11. The fourth-order valence-electron chi connectivity index (χ4n) is 2.33. The molecule has 0 saturated heterocycles. The minimum atomic E-state index is -3.64. The van der Waals surface area contributed by atoms with Gasteiger partial charge in [-0.1, -0.05) is 35.3 Å². The minimum Gasteiger partial charge on any atom is -0.383 e. The third kappa shape index (κ3) is 7.20. The molecular weight excluding hydrogens is 427 g/mol. The number of carbonyl (C=O) groups is 1. The smallest absolute Gasteiger partial charge is 0.322 e. The van der Waals surface area contributed by atoms with Crippen LogP contribution in [-0.4, -0.2) is 45.9 Å². The lowest BCUT2D eigenvalue weighted by Gasteiger charge is -2.23. The van der Waals surface area contributed by atoms with E-state index in [1.165, 1.54) is 24.1 Å². The quantitative estimate of drug-likeness (QED) is 0.619. The van der Waals surface area contributed by atoms with Crippen molar-refractivity contribution in [2.75, 3.05) is 31.8 Å². The van der Waals surface area contributed by atoms with Crippen molar-refractivity contribution < 1.29 is 22.1 Å². The van der Waals surface area contributed by atoms with E-state index in [9.17, 15) is 13.2 Å². The topological polar surface area (TPSA) is 84.9 Å². The van der Waals surface area contributed by atoms with E-state index < -0.39 is 16.1 Å². The fourth-order valence-corrected chi connectivity index (χ4v) is 3.24. The zero-order valence-electron chi connectivity index (χ0n) is 15.3. The van der Waals surface area contributed by atoms with Gasteiger partial charge in [0.2, 0.25) is 0 Å². The molecule has 0 radical (unpaired) electrons. The third-order valence-electron chi connectivity index (χ3n) is 3.54. The molecular formula is C18H20Cl2N2O5S. The molecule has 10 heteroatoms. The number of rotatable bonds is 8. The highest BCUT2D eigenvalue weighted by atomic mass is 35.5. The first-order valence-electron chi connectivity index (χ1n) is 8.16. The average molecular weight is 447 g/mol. The third-order valence-corrected chi connectivity index (χ3v) is 4.59. The average Bonchev–Trinajstić information content (AvgIpc) is 2.59. The molecule has 0 aliphatic heterocycles. The van der Waals surface area contributed by atoms with Crippen LogP contribution in [0.5, 0.6) is 5.75 Å². The highest BCUT2D eigenvalue weighted by molar-refractivity contribution is 7.86. The standard InChI is InChI=1S/C18H20Cl2N2O5S/c1-26-9-8-22(18(23)21-17-7-6-14(19)11-16(17)20)12-13-4-3-5-15(10-13)27-28(2,24)25/h3-7,10-11H,8-9,12H2,1-2H3,(H,21,23). The van der Waals surface area contributed by atoms with Crippen LogP contribution in [0.4, 0.5) is 10.5 Å². The Morgan fingerprint density at radius 3 is 2.57 bits per heavy atom. The van der Waals surface area contributed by atoms with Crippen LogP contribution in [0.2, 0.25) is 10.0 Å². The van der Waals surface area contributed by atoms with E-state index in [4.69, 9.17) is 32.1 Å². The first kappa shape index (κ1) is 22.3. The van der Waals surface area contributed by atoms with Crippen LogP contribution in [0.15, 0.2) is 42.5 Å². The van der Waals surface area contributed by atoms with Gasteiger partial charge in [-0.15, -0.1) is 0 Å². The lowest BCUT2D eigenvalue weighted by atomic mass is 10.2. The van der Waals surface area contributed by atoms with E-state index in [2.05, 4.69) is 5.32 Å². The molecule has 0 atom stereocenters. The lowest BCUT2D eigenvalue weighted by molar-refractivity contribution is 0.153. The van der Waals surface area contributed by atoms with Crippen molar-refractivity contribution in [3.8, 4) is 5.75 Å². The van der Waals surface area contributed by atoms with Crippen molar-refractivity contribution in [2.45, 2.75) is 6.54 Å². The van der Waals surface area contributed by atoms with Gasteiger partial charge in [-0.3, -0.25) is 0 Å². The number of nitrogens with one attached hydrogen (secondary N) is 1. The molecule has 0 saturated carbocycles. The molecule has 2 aromatic carbocycles. The minimum absolute atomic E-state index is 0.174. The number of carbonyl (C=O) groups excluding carboxylic acids is 1. The number of methoxy groups -OCH3 is 1. The second-order valence-electron chi connectivity index (χ2n) is 5.90. The summed E-state index contributed by atoms with van der Waals surface area (Å²) in [5.74, 6) is 0.174. The van der Waals surface area contributed by atoms with Gasteiger partial charge in [0, 0.05) is 25.2 Å². The summed E-state index contributed by atoms with van der Waals surface area (Å²) in [6.07, 6.45) is 0.966. The van der Waals surface area contributed by atoms with Gasteiger partial charge in [0.15, 0.2) is 0 Å². The number of hydrogen-bond acceptors (Lipinski definition) is 5. The Bertz CT molecular complexity index is 937. The maximum absolute atomic E-state index is 12.7. The van der Waals surface area contributed by atoms with Gasteiger partial charge in [-0.05, 0) is 35.9 Å². The SMILES string of the molecule is COCCN(Cc1cccc(OS(C)(=O)=O)c1)C(=O)Nc1ccc(Cl)cc1Cl. The summed E-state index contributed by atoms with van der Waals surface area (Å²) < 4.78 is 32.6. The largest absolute Gasteiger partial charge is 0.383 e. The Morgan fingerprint density at radius 1 is 1.18 bits per heavy atom. The first-order valence-corrected chi connectivity index (χ1v) is 10.7. The van der Waals surface area contributed by atoms with Crippen LogP contribution in [-0.2, 0) is 21.4 Å². The van der Waals surface area contributed by atoms with Gasteiger partial charge in [-0.2, -0.15) is 8.42 Å². The number of nitrogens with zero attached hydrogens (tertiary/aromatic N) is 1. The molecule has 2 amide bonds. The molecule has 0 aromatic heterocycles. The summed E-state index contributed by atoms with van der Waals surface area (Å²) >= 11 is 12.0. The molecule has 152 valence electrons. The number of anilines is 1. The van der Waals surface area contributed by atoms with Crippen molar-refractivity contribution >= 4 is 45.0 Å². The Morgan fingerprint density at radius 2 is 1.93 bits per heavy atom. The summed E-state index contributed by atoms with van der Waals surface area (Å²) in [5, 5.41) is 3.51. The van der Waals surface area contributed by atoms with E-state index in [-0.39, 0.29) is 12.3 Å². The Balaban J connectivity index is 2.16. The number of benzene rings is 2. The van der Waals surface area contributed by atoms with Crippen molar-refractivity contribution in [3.05, 3.63) is 58.1 Å². The summed E-state index contributed by atoms with van der Waals surface area (Å²) in [7, 11) is -2.11. The molecule has 0 aliphatic rings. The van der Waals surface area contributed by atoms with Crippen molar-refractivity contribution in [2.24, 2.45) is 0 Å². The van der Waals surface area contributed by atoms with Crippen LogP contribution in [0, 0.1) is 0 Å². The Kier molecular flexibility index (Phi) is 7.94. The molecule has 0 aliphatic carbocycles. The molecule has 7 nitrogen and oxygen atoms in total. The van der Waals surface area contributed by atoms with E-state index in [0.717, 1.165) is 6.26 Å². The van der Waals surface area contributed by atoms with Gasteiger partial charge in [-0.25, -0.2) is 4.79 Å². The van der Waals surface area contributed by atoms with Gasteiger partial charge >= 0.3 is 16.1 Å². The zero-order valence-corrected chi connectivity index (χ0v) is 17.6. The van der Waals surface area contributed by atoms with Crippen LogP contribution in [0.25, 0.3) is 0 Å². The maximum atomic E-state index is 12.7. The van der Waals surface area contributed by atoms with Gasteiger partial charge < -0.3 is 19.1 Å². The number of hydrogen-bond donors (Lipinski definition) is 1. The maximum Gasteiger partial charge on any atom is 0.322 e. The Labute approximate surface area is 174 Å². The number of amides is 2. The second-order valence-corrected chi connectivity index (χ2v) is 8.32. The molecule has 2 rings (SSSR count). The fraction of sp³-hybridized carbons (Fsp3) is 0.278. The monoisotopic (exact) mass is 446 g/mol. The predicted molar refractivity (Wildman–Crippen MR) is 110 cm³/mol. The number of ether oxygens (including phenoxy) is 1. The highest BCUT2D eigenvalue weighted by Crippen LogP contribution is 2.26. The molecule has 0 spiro atoms. The second kappa shape index (κ2) is 9.97. The van der Waals surface area contributed by atoms with Gasteiger partial charge in [0.05, 0.1) is 23.6 Å². The normalized spacial score (nSPS) is 11.1. The van der Waals surface area contributed by atoms with Crippen molar-refractivity contribution in [1.29, 1.82) is 0 Å². The van der Waals surface area contributed by atoms with Gasteiger partial charge in [0.1, 0.15) is 5.75 Å². The van der Waals surface area contributed by atoms with Gasteiger partial charge in [0.25, 0.3) is 0 Å². The lowest BCUT2D eigenvalue weighted by Crippen LogP contribution is -2.36. The predicted octanol–water partition coefficient (Wildman–Crippen LogP) is 4.01.